The van der Waals surface area contributed by atoms with E-state index in [-0.39, 0.29) is 0 Å². The highest BCUT2D eigenvalue weighted by Gasteiger charge is 2.26. The van der Waals surface area contributed by atoms with Crippen molar-refractivity contribution in [3.05, 3.63) is 0 Å². The van der Waals surface area contributed by atoms with Crippen LogP contribution in [-0.4, -0.2) is 30.1 Å². The molecule has 14 heavy (non-hydrogen) atoms. The van der Waals surface area contributed by atoms with E-state index in [0.29, 0.717) is 12.1 Å². The zero-order chi connectivity index (χ0) is 10.4. The van der Waals surface area contributed by atoms with Crippen LogP contribution in [0.25, 0.3) is 0 Å². The summed E-state index contributed by atoms with van der Waals surface area (Å²) in [5.41, 5.74) is 6.20. The maximum absolute atomic E-state index is 6.20. The van der Waals surface area contributed by atoms with Crippen LogP contribution in [0, 0.1) is 0 Å². The van der Waals surface area contributed by atoms with E-state index in [1.54, 1.807) is 0 Å². The van der Waals surface area contributed by atoms with Gasteiger partial charge in [-0.1, -0.05) is 26.7 Å². The number of nitrogens with zero attached hydrogens (tertiary/aromatic N) is 1. The third kappa shape index (κ3) is 3.25. The lowest BCUT2D eigenvalue weighted by Crippen LogP contribution is -2.50. The van der Waals surface area contributed by atoms with E-state index in [1.165, 1.54) is 51.6 Å². The highest BCUT2D eigenvalue weighted by Crippen LogP contribution is 2.22. The molecule has 1 aliphatic rings. The van der Waals surface area contributed by atoms with Gasteiger partial charge in [0.25, 0.3) is 0 Å². The van der Waals surface area contributed by atoms with Crippen molar-refractivity contribution in [1.29, 1.82) is 0 Å². The summed E-state index contributed by atoms with van der Waals surface area (Å²) >= 11 is 0. The normalized spacial score (nSPS) is 28.3. The molecule has 84 valence electrons. The minimum atomic E-state index is 0.432. The van der Waals surface area contributed by atoms with Crippen LogP contribution in [0.3, 0.4) is 0 Å². The molecular weight excluding hydrogens is 172 g/mol. The Labute approximate surface area is 88.8 Å². The summed E-state index contributed by atoms with van der Waals surface area (Å²) in [6.07, 6.45) is 7.77. The van der Waals surface area contributed by atoms with Crippen molar-refractivity contribution in [2.75, 3.05) is 13.1 Å². The minimum Gasteiger partial charge on any atom is -0.326 e. The lowest BCUT2D eigenvalue weighted by Gasteiger charge is -2.38. The molecule has 1 fully saturated rings. The molecule has 2 N–H and O–H groups in total. The van der Waals surface area contributed by atoms with Crippen molar-refractivity contribution in [2.45, 2.75) is 64.5 Å². The molecule has 2 nitrogen and oxygen atoms in total. The maximum Gasteiger partial charge on any atom is 0.0247 e. The van der Waals surface area contributed by atoms with Crippen LogP contribution in [0.15, 0.2) is 0 Å². The molecule has 1 aliphatic carbocycles. The highest BCUT2D eigenvalue weighted by atomic mass is 15.2. The largest absolute Gasteiger partial charge is 0.326 e. The Balaban J connectivity index is 2.46. The van der Waals surface area contributed by atoms with Gasteiger partial charge in [0.1, 0.15) is 0 Å². The van der Waals surface area contributed by atoms with Gasteiger partial charge in [-0.2, -0.15) is 0 Å². The Kier molecular flexibility index (Phi) is 5.49. The van der Waals surface area contributed by atoms with E-state index < -0.39 is 0 Å². The predicted molar refractivity (Wildman–Crippen MR) is 62.4 cm³/mol. The quantitative estimate of drug-likeness (QED) is 0.735. The average Bonchev–Trinajstić information content (AvgIpc) is 2.18. The van der Waals surface area contributed by atoms with Crippen molar-refractivity contribution in [2.24, 2.45) is 5.73 Å². The Morgan fingerprint density at radius 3 is 2.14 bits per heavy atom. The SMILES string of the molecule is CCCN(CCC)[C@H]1CCCC[C@@H]1N. The molecule has 0 aromatic rings. The van der Waals surface area contributed by atoms with E-state index in [2.05, 4.69) is 18.7 Å². The second-order valence-corrected chi connectivity index (χ2v) is 4.55. The third-order valence-corrected chi connectivity index (χ3v) is 3.27. The monoisotopic (exact) mass is 198 g/mol. The van der Waals surface area contributed by atoms with Crippen molar-refractivity contribution in [3.8, 4) is 0 Å². The topological polar surface area (TPSA) is 29.3 Å². The van der Waals surface area contributed by atoms with Crippen LogP contribution in [0.1, 0.15) is 52.4 Å². The number of nitrogens with two attached hydrogens (primary N) is 1. The average molecular weight is 198 g/mol. The van der Waals surface area contributed by atoms with Gasteiger partial charge in [-0.3, -0.25) is 4.90 Å². The number of hydrogen-bond donors (Lipinski definition) is 1. The summed E-state index contributed by atoms with van der Waals surface area (Å²) in [5.74, 6) is 0. The summed E-state index contributed by atoms with van der Waals surface area (Å²) in [4.78, 5) is 2.61. The molecule has 0 aliphatic heterocycles. The fourth-order valence-corrected chi connectivity index (χ4v) is 2.61. The van der Waals surface area contributed by atoms with Gasteiger partial charge in [0.05, 0.1) is 0 Å². The van der Waals surface area contributed by atoms with E-state index in [4.69, 9.17) is 5.73 Å². The summed E-state index contributed by atoms with van der Waals surface area (Å²) in [5, 5.41) is 0. The van der Waals surface area contributed by atoms with E-state index in [1.807, 2.05) is 0 Å². The van der Waals surface area contributed by atoms with Gasteiger partial charge in [-0.25, -0.2) is 0 Å². The predicted octanol–water partition coefficient (Wildman–Crippen LogP) is 2.38. The van der Waals surface area contributed by atoms with E-state index in [9.17, 15) is 0 Å². The Hall–Kier alpha value is -0.0800. The first-order valence-electron chi connectivity index (χ1n) is 6.29. The Morgan fingerprint density at radius 2 is 1.64 bits per heavy atom. The first kappa shape index (κ1) is 12.0. The first-order chi connectivity index (χ1) is 6.79. The number of rotatable bonds is 5. The zero-order valence-corrected chi connectivity index (χ0v) is 9.84. The van der Waals surface area contributed by atoms with Gasteiger partial charge in [-0.15, -0.1) is 0 Å². The summed E-state index contributed by atoms with van der Waals surface area (Å²) in [6.45, 7) is 6.98. The first-order valence-corrected chi connectivity index (χ1v) is 6.29. The van der Waals surface area contributed by atoms with Gasteiger partial charge < -0.3 is 5.73 Å². The van der Waals surface area contributed by atoms with Crippen LogP contribution in [0.2, 0.25) is 0 Å². The van der Waals surface area contributed by atoms with Crippen LogP contribution in [-0.2, 0) is 0 Å². The van der Waals surface area contributed by atoms with Gasteiger partial charge in [0.2, 0.25) is 0 Å². The lowest BCUT2D eigenvalue weighted by atomic mass is 9.89. The second kappa shape index (κ2) is 6.41. The molecule has 2 atom stereocenters. The zero-order valence-electron chi connectivity index (χ0n) is 9.84. The lowest BCUT2D eigenvalue weighted by molar-refractivity contribution is 0.137. The van der Waals surface area contributed by atoms with Crippen molar-refractivity contribution in [3.63, 3.8) is 0 Å². The molecule has 1 rings (SSSR count). The number of hydrogen-bond acceptors (Lipinski definition) is 2. The van der Waals surface area contributed by atoms with Gasteiger partial charge >= 0.3 is 0 Å². The summed E-state index contributed by atoms with van der Waals surface area (Å²) in [7, 11) is 0. The highest BCUT2D eigenvalue weighted by molar-refractivity contribution is 4.85. The van der Waals surface area contributed by atoms with E-state index >= 15 is 0 Å². The molecule has 0 saturated heterocycles. The van der Waals surface area contributed by atoms with Crippen molar-refractivity contribution >= 4 is 0 Å². The fourth-order valence-electron chi connectivity index (χ4n) is 2.61. The molecule has 0 spiro atoms. The standard InChI is InChI=1S/C12H26N2/c1-3-9-14(10-4-2)12-8-6-5-7-11(12)13/h11-12H,3-10,13H2,1-2H3/t11-,12-/m0/s1. The van der Waals surface area contributed by atoms with Crippen molar-refractivity contribution < 1.29 is 0 Å². The minimum absolute atomic E-state index is 0.432. The molecule has 0 radical (unpaired) electrons. The second-order valence-electron chi connectivity index (χ2n) is 4.55. The molecule has 1 saturated carbocycles. The third-order valence-electron chi connectivity index (χ3n) is 3.27. The molecule has 0 amide bonds. The molecule has 0 heterocycles. The molecule has 0 unspecified atom stereocenters. The molecule has 2 heteroatoms. The molecule has 0 bridgehead atoms. The fraction of sp³-hybridized carbons (Fsp3) is 1.00. The smallest absolute Gasteiger partial charge is 0.0247 e. The van der Waals surface area contributed by atoms with Crippen LogP contribution >= 0.6 is 0 Å². The molecule has 0 aromatic heterocycles. The van der Waals surface area contributed by atoms with Crippen LogP contribution < -0.4 is 5.73 Å². The Bertz CT molecular complexity index is 141. The summed E-state index contributed by atoms with van der Waals surface area (Å²) < 4.78 is 0. The maximum atomic E-state index is 6.20. The van der Waals surface area contributed by atoms with Crippen LogP contribution in [0.4, 0.5) is 0 Å². The van der Waals surface area contributed by atoms with Gasteiger partial charge in [-0.05, 0) is 38.8 Å². The molecule has 0 aromatic carbocycles. The van der Waals surface area contributed by atoms with E-state index in [0.717, 1.165) is 0 Å². The molecular formula is C12H26N2. The van der Waals surface area contributed by atoms with Crippen LogP contribution in [0.5, 0.6) is 0 Å². The Morgan fingerprint density at radius 1 is 1.07 bits per heavy atom. The van der Waals surface area contributed by atoms with Gasteiger partial charge in [0.15, 0.2) is 0 Å². The summed E-state index contributed by atoms with van der Waals surface area (Å²) in [6, 6.07) is 1.10. The van der Waals surface area contributed by atoms with Crippen molar-refractivity contribution in [1.82, 2.24) is 4.90 Å². The van der Waals surface area contributed by atoms with Gasteiger partial charge in [0, 0.05) is 12.1 Å².